The second-order valence-electron chi connectivity index (χ2n) is 4.37. The Labute approximate surface area is 102 Å². The van der Waals surface area contributed by atoms with Crippen LogP contribution in [0, 0.1) is 0 Å². The van der Waals surface area contributed by atoms with E-state index in [0.717, 1.165) is 38.4 Å². The Hall–Kier alpha value is -1.19. The summed E-state index contributed by atoms with van der Waals surface area (Å²) in [5.41, 5.74) is 2.05. The highest BCUT2D eigenvalue weighted by atomic mass is 16.5. The molecule has 17 heavy (non-hydrogen) atoms. The molecule has 3 heteroatoms. The number of Topliss-reactive ketones (excluding diaryl/α,β-unsaturated/α-hetero) is 1. The highest BCUT2D eigenvalue weighted by Gasteiger charge is 2.11. The Morgan fingerprint density at radius 1 is 1.35 bits per heavy atom. The Balaban J connectivity index is 2.02. The lowest BCUT2D eigenvalue weighted by Gasteiger charge is -2.26. The van der Waals surface area contributed by atoms with Crippen LogP contribution >= 0.6 is 0 Å². The van der Waals surface area contributed by atoms with Gasteiger partial charge in [-0.05, 0) is 11.6 Å². The quantitative estimate of drug-likeness (QED) is 0.746. The Kier molecular flexibility index (Phi) is 4.29. The van der Waals surface area contributed by atoms with E-state index in [-0.39, 0.29) is 5.78 Å². The lowest BCUT2D eigenvalue weighted by atomic mass is 10.1. The number of rotatable bonds is 4. The zero-order valence-corrected chi connectivity index (χ0v) is 10.3. The average Bonchev–Trinajstić information content (AvgIpc) is 2.39. The van der Waals surface area contributed by atoms with E-state index in [1.54, 1.807) is 0 Å². The lowest BCUT2D eigenvalue weighted by molar-refractivity contribution is 0.0342. The van der Waals surface area contributed by atoms with Crippen LogP contribution in [-0.2, 0) is 11.3 Å². The van der Waals surface area contributed by atoms with Crippen molar-refractivity contribution in [2.24, 2.45) is 0 Å². The second-order valence-corrected chi connectivity index (χ2v) is 4.37. The van der Waals surface area contributed by atoms with Crippen LogP contribution in [0.5, 0.6) is 0 Å². The monoisotopic (exact) mass is 233 g/mol. The molecule has 1 aliphatic rings. The standard InChI is InChI=1S/C14H19NO2/c1-2-14(16)13-5-3-4-12(10-13)11-15-6-8-17-9-7-15/h3-5,10H,2,6-9,11H2,1H3. The summed E-state index contributed by atoms with van der Waals surface area (Å²) in [5.74, 6) is 0.217. The normalized spacial score (nSPS) is 17.0. The first-order valence-corrected chi connectivity index (χ1v) is 6.22. The summed E-state index contributed by atoms with van der Waals surface area (Å²) in [4.78, 5) is 14.0. The molecule has 0 bridgehead atoms. The molecule has 0 amide bonds. The van der Waals surface area contributed by atoms with E-state index in [2.05, 4.69) is 11.0 Å². The zero-order valence-electron chi connectivity index (χ0n) is 10.3. The molecule has 0 spiro atoms. The molecule has 0 aliphatic carbocycles. The van der Waals surface area contributed by atoms with E-state index >= 15 is 0 Å². The van der Waals surface area contributed by atoms with Crippen molar-refractivity contribution in [3.63, 3.8) is 0 Å². The number of ether oxygens (including phenoxy) is 1. The summed E-state index contributed by atoms with van der Waals surface area (Å²) < 4.78 is 5.32. The number of nitrogens with zero attached hydrogens (tertiary/aromatic N) is 1. The van der Waals surface area contributed by atoms with Gasteiger partial charge in [-0.25, -0.2) is 0 Å². The molecule has 1 aromatic carbocycles. The van der Waals surface area contributed by atoms with E-state index in [1.807, 2.05) is 25.1 Å². The van der Waals surface area contributed by atoms with Crippen molar-refractivity contribution in [1.29, 1.82) is 0 Å². The van der Waals surface area contributed by atoms with Crippen LogP contribution in [0.3, 0.4) is 0 Å². The number of carbonyl (C=O) groups is 1. The molecule has 1 saturated heterocycles. The molecule has 0 saturated carbocycles. The maximum absolute atomic E-state index is 11.6. The van der Waals surface area contributed by atoms with Crippen molar-refractivity contribution in [3.05, 3.63) is 35.4 Å². The minimum absolute atomic E-state index is 0.217. The first-order valence-electron chi connectivity index (χ1n) is 6.22. The minimum atomic E-state index is 0.217. The number of hydrogen-bond acceptors (Lipinski definition) is 3. The summed E-state index contributed by atoms with van der Waals surface area (Å²) in [5, 5.41) is 0. The number of morpholine rings is 1. The van der Waals surface area contributed by atoms with Gasteiger partial charge < -0.3 is 4.74 Å². The predicted molar refractivity (Wildman–Crippen MR) is 67.2 cm³/mol. The molecule has 92 valence electrons. The van der Waals surface area contributed by atoms with Gasteiger partial charge in [0.15, 0.2) is 5.78 Å². The second kappa shape index (κ2) is 5.94. The first-order chi connectivity index (χ1) is 8.29. The molecule has 1 aromatic rings. The van der Waals surface area contributed by atoms with E-state index < -0.39 is 0 Å². The molecule has 2 rings (SSSR count). The SMILES string of the molecule is CCC(=O)c1cccc(CN2CCOCC2)c1. The number of hydrogen-bond donors (Lipinski definition) is 0. The van der Waals surface area contributed by atoms with Gasteiger partial charge in [0, 0.05) is 31.6 Å². The van der Waals surface area contributed by atoms with E-state index in [0.29, 0.717) is 6.42 Å². The molecular formula is C14H19NO2. The van der Waals surface area contributed by atoms with Gasteiger partial charge in [0.25, 0.3) is 0 Å². The number of carbonyl (C=O) groups excluding carboxylic acids is 1. The number of ketones is 1. The van der Waals surface area contributed by atoms with Crippen LogP contribution < -0.4 is 0 Å². The topological polar surface area (TPSA) is 29.5 Å². The Morgan fingerprint density at radius 2 is 2.12 bits per heavy atom. The molecule has 1 heterocycles. The van der Waals surface area contributed by atoms with Crippen LogP contribution in [-0.4, -0.2) is 37.0 Å². The summed E-state index contributed by atoms with van der Waals surface area (Å²) >= 11 is 0. The fourth-order valence-electron chi connectivity index (χ4n) is 2.06. The molecule has 1 aliphatic heterocycles. The summed E-state index contributed by atoms with van der Waals surface area (Å²) in [6, 6.07) is 7.97. The molecular weight excluding hydrogens is 214 g/mol. The van der Waals surface area contributed by atoms with E-state index in [9.17, 15) is 4.79 Å². The van der Waals surface area contributed by atoms with Gasteiger partial charge in [0.2, 0.25) is 0 Å². The van der Waals surface area contributed by atoms with Crippen LogP contribution in [0.4, 0.5) is 0 Å². The smallest absolute Gasteiger partial charge is 0.162 e. The van der Waals surface area contributed by atoms with Gasteiger partial charge in [-0.2, -0.15) is 0 Å². The van der Waals surface area contributed by atoms with Crippen LogP contribution in [0.15, 0.2) is 24.3 Å². The van der Waals surface area contributed by atoms with Crippen molar-refractivity contribution in [1.82, 2.24) is 4.90 Å². The van der Waals surface area contributed by atoms with Crippen molar-refractivity contribution in [2.45, 2.75) is 19.9 Å². The fourth-order valence-corrected chi connectivity index (χ4v) is 2.06. The van der Waals surface area contributed by atoms with Gasteiger partial charge in [0.1, 0.15) is 0 Å². The van der Waals surface area contributed by atoms with Gasteiger partial charge in [-0.3, -0.25) is 9.69 Å². The van der Waals surface area contributed by atoms with Crippen molar-refractivity contribution < 1.29 is 9.53 Å². The highest BCUT2D eigenvalue weighted by Crippen LogP contribution is 2.11. The fraction of sp³-hybridized carbons (Fsp3) is 0.500. The number of benzene rings is 1. The molecule has 0 atom stereocenters. The average molecular weight is 233 g/mol. The lowest BCUT2D eigenvalue weighted by Crippen LogP contribution is -2.35. The largest absolute Gasteiger partial charge is 0.379 e. The third-order valence-corrected chi connectivity index (χ3v) is 3.08. The van der Waals surface area contributed by atoms with Crippen LogP contribution in [0.25, 0.3) is 0 Å². The van der Waals surface area contributed by atoms with Crippen molar-refractivity contribution >= 4 is 5.78 Å². The zero-order chi connectivity index (χ0) is 12.1. The molecule has 1 fully saturated rings. The molecule has 3 nitrogen and oxygen atoms in total. The Bertz CT molecular complexity index is 384. The van der Waals surface area contributed by atoms with Crippen molar-refractivity contribution in [3.8, 4) is 0 Å². The van der Waals surface area contributed by atoms with Gasteiger partial charge in [0.05, 0.1) is 13.2 Å². The Morgan fingerprint density at radius 3 is 2.82 bits per heavy atom. The first kappa shape index (κ1) is 12.3. The third-order valence-electron chi connectivity index (χ3n) is 3.08. The van der Waals surface area contributed by atoms with E-state index in [1.165, 1.54) is 5.56 Å². The summed E-state index contributed by atoms with van der Waals surface area (Å²) in [6.45, 7) is 6.39. The third kappa shape index (κ3) is 3.38. The van der Waals surface area contributed by atoms with Crippen LogP contribution in [0.2, 0.25) is 0 Å². The van der Waals surface area contributed by atoms with Gasteiger partial charge >= 0.3 is 0 Å². The minimum Gasteiger partial charge on any atom is -0.379 e. The van der Waals surface area contributed by atoms with Crippen molar-refractivity contribution in [2.75, 3.05) is 26.3 Å². The molecule has 0 radical (unpaired) electrons. The maximum Gasteiger partial charge on any atom is 0.162 e. The summed E-state index contributed by atoms with van der Waals surface area (Å²) in [6.07, 6.45) is 0.570. The highest BCUT2D eigenvalue weighted by molar-refractivity contribution is 5.95. The molecule has 0 unspecified atom stereocenters. The maximum atomic E-state index is 11.6. The molecule has 0 aromatic heterocycles. The summed E-state index contributed by atoms with van der Waals surface area (Å²) in [7, 11) is 0. The predicted octanol–water partition coefficient (Wildman–Crippen LogP) is 2.11. The van der Waals surface area contributed by atoms with Crippen LogP contribution in [0.1, 0.15) is 29.3 Å². The van der Waals surface area contributed by atoms with Gasteiger partial charge in [-0.15, -0.1) is 0 Å². The van der Waals surface area contributed by atoms with E-state index in [4.69, 9.17) is 4.74 Å². The molecule has 0 N–H and O–H groups in total. The van der Waals surface area contributed by atoms with Gasteiger partial charge in [-0.1, -0.05) is 25.1 Å².